The smallest absolute Gasteiger partial charge is 0.244 e. The molecule has 7 heteroatoms. The van der Waals surface area contributed by atoms with Crippen molar-refractivity contribution in [2.24, 2.45) is 0 Å². The second-order valence-electron chi connectivity index (χ2n) is 4.51. The quantitative estimate of drug-likeness (QED) is 0.888. The van der Waals surface area contributed by atoms with Crippen LogP contribution < -0.4 is 5.32 Å². The molecule has 2 aromatic rings. The molecule has 0 saturated heterocycles. The summed E-state index contributed by atoms with van der Waals surface area (Å²) in [4.78, 5) is 1.18. The minimum Gasteiger partial charge on any atom is -0.465 e. The highest BCUT2D eigenvalue weighted by Crippen LogP contribution is 2.25. The Balaban J connectivity index is 2.22. The topological polar surface area (TPSA) is 62.6 Å². The Bertz CT molecular complexity index is 673. The van der Waals surface area contributed by atoms with Crippen LogP contribution in [-0.4, -0.2) is 26.8 Å². The first-order valence-electron chi connectivity index (χ1n) is 6.17. The summed E-state index contributed by atoms with van der Waals surface area (Å²) in [5, 5.41) is 4.78. The number of sulfonamides is 1. The Morgan fingerprint density at radius 1 is 1.35 bits per heavy atom. The van der Waals surface area contributed by atoms with Crippen molar-refractivity contribution >= 4 is 21.4 Å². The van der Waals surface area contributed by atoms with Crippen molar-refractivity contribution in [2.45, 2.75) is 24.9 Å². The zero-order valence-electron chi connectivity index (χ0n) is 11.7. The third kappa shape index (κ3) is 3.12. The molecule has 0 aliphatic rings. The first-order valence-corrected chi connectivity index (χ1v) is 8.49. The maximum absolute atomic E-state index is 12.6. The van der Waals surface area contributed by atoms with E-state index in [2.05, 4.69) is 5.32 Å². The summed E-state index contributed by atoms with van der Waals surface area (Å²) in [6.07, 6.45) is 0. The number of hydrogen-bond acceptors (Lipinski definition) is 5. The lowest BCUT2D eigenvalue weighted by molar-refractivity contribution is 0.397. The molecule has 2 heterocycles. The Hall–Kier alpha value is -1.15. The van der Waals surface area contributed by atoms with E-state index in [1.807, 2.05) is 13.0 Å². The average molecular weight is 314 g/mol. The van der Waals surface area contributed by atoms with E-state index in [4.69, 9.17) is 4.42 Å². The summed E-state index contributed by atoms with van der Waals surface area (Å²) in [5.74, 6) is 1.41. The van der Waals surface area contributed by atoms with Crippen LogP contribution in [0.25, 0.3) is 0 Å². The van der Waals surface area contributed by atoms with Crippen LogP contribution in [0.5, 0.6) is 0 Å². The van der Waals surface area contributed by atoms with E-state index in [9.17, 15) is 8.42 Å². The zero-order valence-corrected chi connectivity index (χ0v) is 13.3. The summed E-state index contributed by atoms with van der Waals surface area (Å²) >= 11 is 1.44. The van der Waals surface area contributed by atoms with Crippen molar-refractivity contribution in [1.29, 1.82) is 0 Å². The van der Waals surface area contributed by atoms with Crippen LogP contribution in [0.2, 0.25) is 0 Å². The summed E-state index contributed by atoms with van der Waals surface area (Å²) in [6.45, 7) is 2.60. The monoisotopic (exact) mass is 314 g/mol. The van der Waals surface area contributed by atoms with Gasteiger partial charge in [-0.2, -0.15) is 4.31 Å². The van der Waals surface area contributed by atoms with Crippen LogP contribution in [0.3, 0.4) is 0 Å². The number of furan rings is 1. The van der Waals surface area contributed by atoms with Crippen molar-refractivity contribution in [1.82, 2.24) is 9.62 Å². The molecule has 0 unspecified atom stereocenters. The molecule has 0 bridgehead atoms. The fourth-order valence-electron chi connectivity index (χ4n) is 1.89. The van der Waals surface area contributed by atoms with E-state index < -0.39 is 10.0 Å². The van der Waals surface area contributed by atoms with E-state index in [1.54, 1.807) is 31.6 Å². The van der Waals surface area contributed by atoms with Gasteiger partial charge in [-0.3, -0.25) is 0 Å². The Kier molecular flexibility index (Phi) is 4.64. The third-order valence-corrected chi connectivity index (χ3v) is 5.84. The Labute approximate surface area is 123 Å². The van der Waals surface area contributed by atoms with Crippen LogP contribution >= 0.6 is 11.3 Å². The summed E-state index contributed by atoms with van der Waals surface area (Å²) in [7, 11) is -0.133. The fraction of sp³-hybridized carbons (Fsp3) is 0.385. The predicted octanol–water partition coefficient (Wildman–Crippen LogP) is 2.19. The van der Waals surface area contributed by atoms with Gasteiger partial charge in [0.25, 0.3) is 0 Å². The maximum atomic E-state index is 12.6. The minimum atomic E-state index is -3.49. The molecule has 5 nitrogen and oxygen atoms in total. The molecule has 0 fully saturated rings. The molecule has 2 rings (SSSR count). The molecule has 0 saturated carbocycles. The van der Waals surface area contributed by atoms with Crippen LogP contribution in [0, 0.1) is 6.92 Å². The van der Waals surface area contributed by atoms with Gasteiger partial charge in [-0.25, -0.2) is 8.42 Å². The van der Waals surface area contributed by atoms with Crippen molar-refractivity contribution in [2.75, 3.05) is 14.1 Å². The van der Waals surface area contributed by atoms with Crippen LogP contribution in [0.15, 0.2) is 32.9 Å². The third-order valence-electron chi connectivity index (χ3n) is 2.90. The van der Waals surface area contributed by atoms with Crippen molar-refractivity contribution < 1.29 is 12.8 Å². The first-order chi connectivity index (χ1) is 9.45. The molecular formula is C13H18N2O3S2. The molecular weight excluding hydrogens is 296 g/mol. The first kappa shape index (κ1) is 15.2. The molecule has 0 aliphatic carbocycles. The zero-order chi connectivity index (χ0) is 14.8. The normalized spacial score (nSPS) is 12.2. The second-order valence-corrected chi connectivity index (χ2v) is 7.53. The maximum Gasteiger partial charge on any atom is 0.244 e. The van der Waals surface area contributed by atoms with E-state index in [0.29, 0.717) is 17.2 Å². The van der Waals surface area contributed by atoms with Crippen LogP contribution in [-0.2, 0) is 23.1 Å². The largest absolute Gasteiger partial charge is 0.465 e. The van der Waals surface area contributed by atoms with Crippen molar-refractivity contribution in [3.8, 4) is 0 Å². The van der Waals surface area contributed by atoms with Crippen LogP contribution in [0.1, 0.15) is 16.4 Å². The van der Waals surface area contributed by atoms with Crippen molar-refractivity contribution in [3.63, 3.8) is 0 Å². The van der Waals surface area contributed by atoms with Crippen LogP contribution in [0.4, 0.5) is 0 Å². The molecule has 0 amide bonds. The van der Waals surface area contributed by atoms with Gasteiger partial charge in [-0.15, -0.1) is 11.3 Å². The van der Waals surface area contributed by atoms with Crippen molar-refractivity contribution in [3.05, 3.63) is 40.0 Å². The van der Waals surface area contributed by atoms with E-state index in [-0.39, 0.29) is 6.54 Å². The molecule has 0 aliphatic heterocycles. The molecule has 0 spiro atoms. The number of aryl methyl sites for hydroxylation is 1. The number of nitrogens with zero attached hydrogens (tertiary/aromatic N) is 1. The van der Waals surface area contributed by atoms with Gasteiger partial charge in [0.15, 0.2) is 0 Å². The molecule has 0 radical (unpaired) electrons. The van der Waals surface area contributed by atoms with Gasteiger partial charge in [-0.1, -0.05) is 0 Å². The number of hydrogen-bond donors (Lipinski definition) is 1. The summed E-state index contributed by atoms with van der Waals surface area (Å²) < 4.78 is 31.9. The lowest BCUT2D eigenvalue weighted by atomic mass is 10.4. The van der Waals surface area contributed by atoms with Gasteiger partial charge < -0.3 is 9.73 Å². The SMILES string of the molecule is CNCc1sccc1S(=O)(=O)N(C)Cc1ccc(C)o1. The Morgan fingerprint density at radius 2 is 2.10 bits per heavy atom. The average Bonchev–Trinajstić information content (AvgIpc) is 2.99. The lowest BCUT2D eigenvalue weighted by Crippen LogP contribution is -2.27. The highest BCUT2D eigenvalue weighted by atomic mass is 32.2. The summed E-state index contributed by atoms with van der Waals surface area (Å²) in [5.41, 5.74) is 0. The lowest BCUT2D eigenvalue weighted by Gasteiger charge is -2.16. The second kappa shape index (κ2) is 6.09. The number of rotatable bonds is 6. The molecule has 0 aromatic carbocycles. The number of nitrogens with one attached hydrogen (secondary N) is 1. The fourth-order valence-corrected chi connectivity index (χ4v) is 4.45. The summed E-state index contributed by atoms with van der Waals surface area (Å²) in [6, 6.07) is 5.27. The molecule has 0 atom stereocenters. The van der Waals surface area contributed by atoms with E-state index in [1.165, 1.54) is 15.6 Å². The van der Waals surface area contributed by atoms with Gasteiger partial charge in [0.05, 0.1) is 11.4 Å². The molecule has 20 heavy (non-hydrogen) atoms. The highest BCUT2D eigenvalue weighted by Gasteiger charge is 2.25. The Morgan fingerprint density at radius 3 is 2.70 bits per heavy atom. The van der Waals surface area contributed by atoms with E-state index in [0.717, 1.165) is 10.6 Å². The highest BCUT2D eigenvalue weighted by molar-refractivity contribution is 7.89. The molecule has 110 valence electrons. The van der Waals surface area contributed by atoms with Gasteiger partial charge >= 0.3 is 0 Å². The van der Waals surface area contributed by atoms with Gasteiger partial charge in [0, 0.05) is 18.5 Å². The predicted molar refractivity (Wildman–Crippen MR) is 79.2 cm³/mol. The van der Waals surface area contributed by atoms with E-state index >= 15 is 0 Å². The number of thiophene rings is 1. The van der Waals surface area contributed by atoms with Gasteiger partial charge in [0.2, 0.25) is 10.0 Å². The molecule has 1 N–H and O–H groups in total. The standard InChI is InChI=1S/C13H18N2O3S2/c1-10-4-5-11(18-10)9-15(3)20(16,17)13-6-7-19-12(13)8-14-2/h4-7,14H,8-9H2,1-3H3. The van der Waals surface area contributed by atoms with Gasteiger partial charge in [-0.05, 0) is 37.6 Å². The van der Waals surface area contributed by atoms with Gasteiger partial charge in [0.1, 0.15) is 11.5 Å². The minimum absolute atomic E-state index is 0.227. The molecule has 2 aromatic heterocycles.